The third-order valence-electron chi connectivity index (χ3n) is 3.09. The molecule has 0 aliphatic carbocycles. The molecular weight excluding hydrogens is 241 g/mol. The van der Waals surface area contributed by atoms with Crippen LogP contribution in [0.25, 0.3) is 11.1 Å². The van der Waals surface area contributed by atoms with Gasteiger partial charge in [0.2, 0.25) is 0 Å². The average Bonchev–Trinajstić information content (AvgIpc) is 2.69. The van der Waals surface area contributed by atoms with E-state index >= 15 is 0 Å². The van der Waals surface area contributed by atoms with Gasteiger partial charge in [-0.15, -0.1) is 0 Å². The minimum absolute atomic E-state index is 0.188. The van der Waals surface area contributed by atoms with E-state index in [1.54, 1.807) is 10.7 Å². The quantitative estimate of drug-likeness (QED) is 0.838. The lowest BCUT2D eigenvalue weighted by atomic mass is 10.0. The van der Waals surface area contributed by atoms with Crippen molar-refractivity contribution in [3.63, 3.8) is 0 Å². The molecule has 1 aromatic carbocycles. The van der Waals surface area contributed by atoms with Gasteiger partial charge in [-0.25, -0.2) is 4.39 Å². The fraction of sp³-hybridized carbons (Fsp3) is 0.400. The molecule has 0 aliphatic heterocycles. The van der Waals surface area contributed by atoms with Crippen molar-refractivity contribution in [3.05, 3.63) is 41.5 Å². The molecule has 0 unspecified atom stereocenters. The Bertz CT molecular complexity index is 561. The Labute approximate surface area is 113 Å². The third-order valence-corrected chi connectivity index (χ3v) is 3.09. The van der Waals surface area contributed by atoms with Crippen LogP contribution in [-0.2, 0) is 13.6 Å². The van der Waals surface area contributed by atoms with Crippen LogP contribution in [0, 0.1) is 12.7 Å². The van der Waals surface area contributed by atoms with E-state index in [2.05, 4.69) is 17.3 Å². The topological polar surface area (TPSA) is 29.9 Å². The van der Waals surface area contributed by atoms with E-state index in [4.69, 9.17) is 0 Å². The lowest BCUT2D eigenvalue weighted by Gasteiger charge is -2.06. The van der Waals surface area contributed by atoms with Crippen LogP contribution in [0.2, 0.25) is 0 Å². The summed E-state index contributed by atoms with van der Waals surface area (Å²) in [6.07, 6.45) is 2.93. The first-order valence-electron chi connectivity index (χ1n) is 6.61. The Kier molecular flexibility index (Phi) is 4.32. The van der Waals surface area contributed by atoms with E-state index in [1.165, 1.54) is 0 Å². The summed E-state index contributed by atoms with van der Waals surface area (Å²) in [6.45, 7) is 5.66. The van der Waals surface area contributed by atoms with Crippen LogP contribution in [0.4, 0.5) is 4.39 Å². The molecule has 2 rings (SSSR count). The highest BCUT2D eigenvalue weighted by Gasteiger charge is 2.11. The monoisotopic (exact) mass is 261 g/mol. The first-order chi connectivity index (χ1) is 9.11. The van der Waals surface area contributed by atoms with E-state index in [0.717, 1.165) is 29.8 Å². The molecule has 1 aromatic heterocycles. The zero-order valence-electron chi connectivity index (χ0n) is 11.7. The standard InChI is InChI=1S/C15H20FN3/c1-4-7-17-9-12-5-6-13(15(16)8-12)14-10-19(3)18-11(14)2/h5-6,8,10,17H,4,7,9H2,1-3H3. The zero-order chi connectivity index (χ0) is 13.8. The van der Waals surface area contributed by atoms with Gasteiger partial charge in [0, 0.05) is 30.9 Å². The molecule has 0 amide bonds. The van der Waals surface area contributed by atoms with Crippen LogP contribution in [0.15, 0.2) is 24.4 Å². The van der Waals surface area contributed by atoms with Crippen molar-refractivity contribution in [2.75, 3.05) is 6.54 Å². The molecule has 2 aromatic rings. The van der Waals surface area contributed by atoms with Crippen molar-refractivity contribution in [3.8, 4) is 11.1 Å². The molecule has 0 radical (unpaired) electrons. The van der Waals surface area contributed by atoms with Gasteiger partial charge in [0.15, 0.2) is 0 Å². The number of hydrogen-bond acceptors (Lipinski definition) is 2. The van der Waals surface area contributed by atoms with Gasteiger partial charge in [0.05, 0.1) is 5.69 Å². The predicted molar refractivity (Wildman–Crippen MR) is 75.3 cm³/mol. The minimum Gasteiger partial charge on any atom is -0.313 e. The Morgan fingerprint density at radius 3 is 2.68 bits per heavy atom. The molecule has 102 valence electrons. The van der Waals surface area contributed by atoms with Gasteiger partial charge in [-0.1, -0.05) is 19.1 Å². The Morgan fingerprint density at radius 1 is 1.32 bits per heavy atom. The molecule has 0 saturated carbocycles. The largest absolute Gasteiger partial charge is 0.313 e. The smallest absolute Gasteiger partial charge is 0.131 e. The van der Waals surface area contributed by atoms with E-state index < -0.39 is 0 Å². The highest BCUT2D eigenvalue weighted by molar-refractivity contribution is 5.66. The summed E-state index contributed by atoms with van der Waals surface area (Å²) in [5.41, 5.74) is 3.28. The molecule has 0 saturated heterocycles. The van der Waals surface area contributed by atoms with Crippen LogP contribution in [0.5, 0.6) is 0 Å². The van der Waals surface area contributed by atoms with Gasteiger partial charge in [-0.3, -0.25) is 4.68 Å². The van der Waals surface area contributed by atoms with Gasteiger partial charge >= 0.3 is 0 Å². The van der Waals surface area contributed by atoms with Crippen LogP contribution in [0.3, 0.4) is 0 Å². The molecular formula is C15H20FN3. The molecule has 0 fully saturated rings. The Hall–Kier alpha value is -1.68. The molecule has 0 spiro atoms. The second-order valence-corrected chi connectivity index (χ2v) is 4.79. The number of nitrogens with one attached hydrogen (secondary N) is 1. The summed E-state index contributed by atoms with van der Waals surface area (Å²) < 4.78 is 15.9. The first kappa shape index (κ1) is 13.7. The molecule has 1 heterocycles. The van der Waals surface area contributed by atoms with Crippen LogP contribution in [0.1, 0.15) is 24.6 Å². The number of hydrogen-bond donors (Lipinski definition) is 1. The Morgan fingerprint density at radius 2 is 2.11 bits per heavy atom. The van der Waals surface area contributed by atoms with E-state index in [-0.39, 0.29) is 5.82 Å². The van der Waals surface area contributed by atoms with E-state index in [1.807, 2.05) is 32.3 Å². The lowest BCUT2D eigenvalue weighted by molar-refractivity contribution is 0.622. The van der Waals surface area contributed by atoms with Crippen molar-refractivity contribution in [2.45, 2.75) is 26.8 Å². The number of halogens is 1. The second kappa shape index (κ2) is 5.97. The average molecular weight is 261 g/mol. The van der Waals surface area contributed by atoms with Crippen LogP contribution >= 0.6 is 0 Å². The van der Waals surface area contributed by atoms with Crippen molar-refractivity contribution in [1.29, 1.82) is 0 Å². The SMILES string of the molecule is CCCNCc1ccc(-c2cn(C)nc2C)c(F)c1. The lowest BCUT2D eigenvalue weighted by Crippen LogP contribution is -2.13. The highest BCUT2D eigenvalue weighted by Crippen LogP contribution is 2.25. The fourth-order valence-electron chi connectivity index (χ4n) is 2.16. The van der Waals surface area contributed by atoms with E-state index in [9.17, 15) is 4.39 Å². The van der Waals surface area contributed by atoms with Gasteiger partial charge in [-0.05, 0) is 31.5 Å². The van der Waals surface area contributed by atoms with Gasteiger partial charge in [-0.2, -0.15) is 5.10 Å². The summed E-state index contributed by atoms with van der Waals surface area (Å²) in [5, 5.41) is 7.52. The maximum absolute atomic E-state index is 14.2. The molecule has 4 heteroatoms. The summed E-state index contributed by atoms with van der Waals surface area (Å²) in [4.78, 5) is 0. The molecule has 0 atom stereocenters. The number of nitrogens with zero attached hydrogens (tertiary/aromatic N) is 2. The van der Waals surface area contributed by atoms with Gasteiger partial charge < -0.3 is 5.32 Å². The van der Waals surface area contributed by atoms with Crippen molar-refractivity contribution in [2.24, 2.45) is 7.05 Å². The third kappa shape index (κ3) is 3.20. The number of benzene rings is 1. The summed E-state index contributed by atoms with van der Waals surface area (Å²) >= 11 is 0. The predicted octanol–water partition coefficient (Wildman–Crippen LogP) is 3.03. The molecule has 19 heavy (non-hydrogen) atoms. The molecule has 0 aliphatic rings. The summed E-state index contributed by atoms with van der Waals surface area (Å²) in [7, 11) is 1.84. The van der Waals surface area contributed by atoms with Crippen molar-refractivity contribution < 1.29 is 4.39 Å². The minimum atomic E-state index is -0.188. The second-order valence-electron chi connectivity index (χ2n) is 4.79. The highest BCUT2D eigenvalue weighted by atomic mass is 19.1. The van der Waals surface area contributed by atoms with Crippen molar-refractivity contribution >= 4 is 0 Å². The van der Waals surface area contributed by atoms with Gasteiger partial charge in [0.1, 0.15) is 5.82 Å². The zero-order valence-corrected chi connectivity index (χ0v) is 11.7. The fourth-order valence-corrected chi connectivity index (χ4v) is 2.16. The van der Waals surface area contributed by atoms with Crippen LogP contribution in [-0.4, -0.2) is 16.3 Å². The van der Waals surface area contributed by atoms with Crippen molar-refractivity contribution in [1.82, 2.24) is 15.1 Å². The maximum Gasteiger partial charge on any atom is 0.131 e. The molecule has 3 nitrogen and oxygen atoms in total. The number of aromatic nitrogens is 2. The molecule has 0 bridgehead atoms. The molecule has 1 N–H and O–H groups in total. The number of aryl methyl sites for hydroxylation is 2. The van der Waals surface area contributed by atoms with E-state index in [0.29, 0.717) is 12.1 Å². The normalized spacial score (nSPS) is 10.9. The van der Waals surface area contributed by atoms with Crippen LogP contribution < -0.4 is 5.32 Å². The summed E-state index contributed by atoms with van der Waals surface area (Å²) in [5.74, 6) is -0.188. The van der Waals surface area contributed by atoms with Gasteiger partial charge in [0.25, 0.3) is 0 Å². The number of rotatable bonds is 5. The first-order valence-corrected chi connectivity index (χ1v) is 6.61. The summed E-state index contributed by atoms with van der Waals surface area (Å²) in [6, 6.07) is 5.40. The maximum atomic E-state index is 14.2. The Balaban J connectivity index is 2.22.